The molecule has 3 heteroatoms. The van der Waals surface area contributed by atoms with Gasteiger partial charge in [0.15, 0.2) is 0 Å². The summed E-state index contributed by atoms with van der Waals surface area (Å²) in [5.41, 5.74) is 2.61. The Morgan fingerprint density at radius 2 is 1.85 bits per heavy atom. The fourth-order valence-corrected chi connectivity index (χ4v) is 3.10. The van der Waals surface area contributed by atoms with Crippen LogP contribution in [-0.2, 0) is 10.3 Å². The molecule has 142 valence electrons. The minimum absolute atomic E-state index is 0.543. The third kappa shape index (κ3) is 5.11. The van der Waals surface area contributed by atoms with Gasteiger partial charge in [0, 0.05) is 6.61 Å². The molecule has 1 fully saturated rings. The molecule has 3 nitrogen and oxygen atoms in total. The largest absolute Gasteiger partial charge is 0.516 e. The van der Waals surface area contributed by atoms with Crippen molar-refractivity contribution in [1.29, 1.82) is 0 Å². The first-order valence-corrected chi connectivity index (χ1v) is 9.09. The van der Waals surface area contributed by atoms with Gasteiger partial charge in [0.25, 0.3) is 0 Å². The van der Waals surface area contributed by atoms with Crippen LogP contribution in [0.4, 0.5) is 0 Å². The molecule has 0 saturated carbocycles. The van der Waals surface area contributed by atoms with Gasteiger partial charge in [-0.2, -0.15) is 0 Å². The Labute approximate surface area is 162 Å². The smallest absolute Gasteiger partial charge is 0.127 e. The maximum absolute atomic E-state index is 9.00. The quantitative estimate of drug-likeness (QED) is 0.435. The molecule has 27 heavy (non-hydrogen) atoms. The first-order chi connectivity index (χ1) is 13.1. The van der Waals surface area contributed by atoms with Crippen LogP contribution in [0.15, 0.2) is 97.0 Å². The van der Waals surface area contributed by atoms with Crippen molar-refractivity contribution in [3.63, 3.8) is 0 Å². The molecule has 1 aromatic carbocycles. The van der Waals surface area contributed by atoms with Crippen LogP contribution < -0.4 is 4.74 Å². The van der Waals surface area contributed by atoms with Gasteiger partial charge in [-0.05, 0) is 68.2 Å². The van der Waals surface area contributed by atoms with E-state index in [4.69, 9.17) is 14.6 Å². The van der Waals surface area contributed by atoms with Crippen LogP contribution in [0, 0.1) is 0 Å². The van der Waals surface area contributed by atoms with Gasteiger partial charge in [-0.15, -0.1) is 0 Å². The van der Waals surface area contributed by atoms with Crippen molar-refractivity contribution in [2.45, 2.75) is 32.3 Å². The maximum atomic E-state index is 9.00. The van der Waals surface area contributed by atoms with E-state index in [1.165, 1.54) is 5.57 Å². The van der Waals surface area contributed by atoms with E-state index in [0.717, 1.165) is 36.0 Å². The second-order valence-electron chi connectivity index (χ2n) is 6.59. The summed E-state index contributed by atoms with van der Waals surface area (Å²) >= 11 is 0. The van der Waals surface area contributed by atoms with E-state index in [0.29, 0.717) is 12.4 Å². The highest BCUT2D eigenvalue weighted by Crippen LogP contribution is 2.43. The topological polar surface area (TPSA) is 38.7 Å². The van der Waals surface area contributed by atoms with Gasteiger partial charge in [0.1, 0.15) is 17.1 Å². The minimum atomic E-state index is -0.543. The normalized spacial score (nSPS) is 20.5. The van der Waals surface area contributed by atoms with Crippen LogP contribution >= 0.6 is 0 Å². The lowest BCUT2D eigenvalue weighted by atomic mass is 9.83. The van der Waals surface area contributed by atoms with Crippen molar-refractivity contribution in [2.75, 3.05) is 6.61 Å². The van der Waals surface area contributed by atoms with Crippen molar-refractivity contribution >= 4 is 0 Å². The summed E-state index contributed by atoms with van der Waals surface area (Å²) in [6.45, 7) is 12.5. The molecule has 1 aliphatic rings. The molecule has 2 rings (SSSR count). The lowest BCUT2D eigenvalue weighted by Gasteiger charge is -2.30. The van der Waals surface area contributed by atoms with Crippen molar-refractivity contribution in [1.82, 2.24) is 0 Å². The third-order valence-electron chi connectivity index (χ3n) is 4.41. The molecule has 1 N–H and O–H groups in total. The fourth-order valence-electron chi connectivity index (χ4n) is 3.10. The number of ether oxygens (including phenoxy) is 2. The van der Waals surface area contributed by atoms with E-state index in [9.17, 15) is 0 Å². The van der Waals surface area contributed by atoms with E-state index in [1.807, 2.05) is 56.3 Å². The summed E-state index contributed by atoms with van der Waals surface area (Å²) in [6, 6.07) is 7.90. The number of benzene rings is 1. The van der Waals surface area contributed by atoms with Crippen LogP contribution in [0.25, 0.3) is 0 Å². The van der Waals surface area contributed by atoms with Gasteiger partial charge in [-0.25, -0.2) is 0 Å². The fraction of sp³-hybridized carbons (Fsp3) is 0.250. The van der Waals surface area contributed by atoms with Crippen LogP contribution in [0.5, 0.6) is 5.75 Å². The summed E-state index contributed by atoms with van der Waals surface area (Å²) in [6.07, 6.45) is 13.6. The summed E-state index contributed by atoms with van der Waals surface area (Å²) in [5.74, 6) is 1.43. The summed E-state index contributed by atoms with van der Waals surface area (Å²) in [5, 5.41) is 9.00. The van der Waals surface area contributed by atoms with Gasteiger partial charge in [0.05, 0.1) is 6.26 Å². The minimum Gasteiger partial charge on any atom is -0.516 e. The highest BCUT2D eigenvalue weighted by Gasteiger charge is 2.39. The van der Waals surface area contributed by atoms with Crippen LogP contribution in [0.3, 0.4) is 0 Å². The van der Waals surface area contributed by atoms with Crippen LogP contribution in [-0.4, -0.2) is 11.7 Å². The van der Waals surface area contributed by atoms with Crippen molar-refractivity contribution in [3.05, 3.63) is 103 Å². The van der Waals surface area contributed by atoms with E-state index >= 15 is 0 Å². The third-order valence-corrected chi connectivity index (χ3v) is 4.41. The van der Waals surface area contributed by atoms with Gasteiger partial charge in [0.2, 0.25) is 0 Å². The monoisotopic (exact) mass is 364 g/mol. The molecule has 1 aliphatic heterocycles. The Bertz CT molecular complexity index is 766. The average Bonchev–Trinajstić information content (AvgIpc) is 3.17. The Morgan fingerprint density at radius 3 is 2.37 bits per heavy atom. The summed E-state index contributed by atoms with van der Waals surface area (Å²) in [4.78, 5) is 0. The Hall–Kier alpha value is -2.78. The second kappa shape index (κ2) is 9.79. The van der Waals surface area contributed by atoms with E-state index in [2.05, 4.69) is 13.2 Å². The Morgan fingerprint density at radius 1 is 1.11 bits per heavy atom. The van der Waals surface area contributed by atoms with Gasteiger partial charge < -0.3 is 14.6 Å². The zero-order valence-corrected chi connectivity index (χ0v) is 16.2. The summed E-state index contributed by atoms with van der Waals surface area (Å²) in [7, 11) is 0. The predicted octanol–water partition coefficient (Wildman–Crippen LogP) is 6.29. The molecule has 1 atom stereocenters. The number of aliphatic hydroxyl groups excluding tert-OH is 1. The molecule has 1 heterocycles. The highest BCUT2D eigenvalue weighted by molar-refractivity contribution is 5.43. The van der Waals surface area contributed by atoms with Gasteiger partial charge >= 0.3 is 0 Å². The first kappa shape index (κ1) is 20.5. The molecule has 1 saturated heterocycles. The molecule has 0 aromatic heterocycles. The zero-order valence-electron chi connectivity index (χ0n) is 16.2. The van der Waals surface area contributed by atoms with E-state index in [1.54, 1.807) is 18.2 Å². The number of hydrogen-bond acceptors (Lipinski definition) is 3. The van der Waals surface area contributed by atoms with Crippen LogP contribution in [0.2, 0.25) is 0 Å². The van der Waals surface area contributed by atoms with Gasteiger partial charge in [-0.1, -0.05) is 49.1 Å². The number of aliphatic hydroxyl groups is 1. The molecule has 1 unspecified atom stereocenters. The number of rotatable bonds is 8. The molecular weight excluding hydrogens is 336 g/mol. The Kier molecular flexibility index (Phi) is 7.44. The standard InChI is InChI=1S/C24H28O3/c1-5-20(9-7-17-25)24(16-8-18-26-24)21-11-14-23(15-12-21)27-22(6-2)13-10-19(3)4/h5-7,9-15,17,25H,1-2,8,16,18H2,3-4H3/b17-7+,20-9+,22-13+. The zero-order chi connectivity index (χ0) is 19.7. The average molecular weight is 364 g/mol. The van der Waals surface area contributed by atoms with Gasteiger partial charge in [-0.3, -0.25) is 0 Å². The summed E-state index contributed by atoms with van der Waals surface area (Å²) < 4.78 is 12.0. The Balaban J connectivity index is 2.31. The molecular formula is C24H28O3. The van der Waals surface area contributed by atoms with E-state index in [-0.39, 0.29) is 0 Å². The van der Waals surface area contributed by atoms with Crippen molar-refractivity contribution in [2.24, 2.45) is 0 Å². The highest BCUT2D eigenvalue weighted by atomic mass is 16.5. The predicted molar refractivity (Wildman–Crippen MR) is 112 cm³/mol. The molecule has 0 amide bonds. The van der Waals surface area contributed by atoms with Crippen molar-refractivity contribution in [3.8, 4) is 5.75 Å². The SMILES string of the molecule is C=C/C(=C\C=C(C)C)Oc1ccc(C2(/C(C=C)=C/C=C/O)CCCO2)cc1. The number of allylic oxidation sites excluding steroid dienone is 6. The second-order valence-corrected chi connectivity index (χ2v) is 6.59. The molecule has 1 aromatic rings. The first-order valence-electron chi connectivity index (χ1n) is 9.09. The molecule has 0 aliphatic carbocycles. The lowest BCUT2D eigenvalue weighted by molar-refractivity contribution is 0.0354. The maximum Gasteiger partial charge on any atom is 0.127 e. The van der Waals surface area contributed by atoms with Crippen molar-refractivity contribution < 1.29 is 14.6 Å². The van der Waals surface area contributed by atoms with E-state index < -0.39 is 5.60 Å². The number of hydrogen-bond donors (Lipinski definition) is 1. The molecule has 0 spiro atoms. The van der Waals surface area contributed by atoms with Crippen LogP contribution in [0.1, 0.15) is 32.3 Å². The molecule has 0 radical (unpaired) electrons. The molecule has 0 bridgehead atoms. The lowest BCUT2D eigenvalue weighted by Crippen LogP contribution is -2.26.